The van der Waals surface area contributed by atoms with Crippen LogP contribution in [0.15, 0.2) is 18.3 Å². The number of hydrogen-bond donors (Lipinski definition) is 1. The van der Waals surface area contributed by atoms with E-state index in [1.54, 1.807) is 0 Å². The molecule has 12 heavy (non-hydrogen) atoms. The molecule has 0 aliphatic rings. The van der Waals surface area contributed by atoms with Crippen molar-refractivity contribution in [2.24, 2.45) is 0 Å². The molecule has 0 aliphatic carbocycles. The van der Waals surface area contributed by atoms with Gasteiger partial charge in [0.2, 0.25) is 0 Å². The molecular weight excluding hydrogens is 148 g/mol. The molecule has 2 rings (SSSR count). The van der Waals surface area contributed by atoms with E-state index in [2.05, 4.69) is 15.9 Å². The monoisotopic (exact) mass is 156 g/mol. The first-order valence-corrected chi connectivity index (χ1v) is 3.72. The summed E-state index contributed by atoms with van der Waals surface area (Å²) < 4.78 is 0. The van der Waals surface area contributed by atoms with E-state index < -0.39 is 0 Å². The molecule has 58 valence electrons. The highest BCUT2D eigenvalue weighted by atomic mass is 14.8. The van der Waals surface area contributed by atoms with Crippen molar-refractivity contribution in [3.8, 4) is 12.3 Å². The van der Waals surface area contributed by atoms with E-state index >= 15 is 0 Å². The van der Waals surface area contributed by atoms with E-state index in [4.69, 9.17) is 6.42 Å². The molecule has 0 unspecified atom stereocenters. The molecule has 0 bridgehead atoms. The summed E-state index contributed by atoms with van der Waals surface area (Å²) in [6.45, 7) is 1.93. The number of hydrogen-bond acceptors (Lipinski definition) is 1. The van der Waals surface area contributed by atoms with Crippen LogP contribution in [0.2, 0.25) is 0 Å². The van der Waals surface area contributed by atoms with E-state index in [9.17, 15) is 0 Å². The Balaban J connectivity index is 2.91. The Hall–Kier alpha value is -1.75. The Morgan fingerprint density at radius 3 is 3.17 bits per heavy atom. The van der Waals surface area contributed by atoms with Crippen LogP contribution < -0.4 is 0 Å². The molecule has 2 aromatic rings. The van der Waals surface area contributed by atoms with Crippen LogP contribution in [-0.2, 0) is 0 Å². The molecule has 0 aromatic carbocycles. The molecule has 2 nitrogen and oxygen atoms in total. The van der Waals surface area contributed by atoms with Gasteiger partial charge in [-0.1, -0.05) is 5.92 Å². The molecule has 0 amide bonds. The average Bonchev–Trinajstić information content (AvgIpc) is 2.50. The Morgan fingerprint density at radius 1 is 1.58 bits per heavy atom. The fourth-order valence-electron chi connectivity index (χ4n) is 1.29. The standard InChI is InChI=1S/C10H8N2/c1-3-8-6-7(2)12-10-9(8)4-5-11-10/h1,4-6H,2H3,(H,11,12). The van der Waals surface area contributed by atoms with Gasteiger partial charge in [-0.3, -0.25) is 0 Å². The Kier molecular flexibility index (Phi) is 1.38. The van der Waals surface area contributed by atoms with Gasteiger partial charge in [0, 0.05) is 22.8 Å². The summed E-state index contributed by atoms with van der Waals surface area (Å²) in [5.41, 5.74) is 2.71. The van der Waals surface area contributed by atoms with Gasteiger partial charge in [0.05, 0.1) is 0 Å². The first kappa shape index (κ1) is 6.93. The normalized spacial score (nSPS) is 10.0. The maximum absolute atomic E-state index is 5.35. The van der Waals surface area contributed by atoms with E-state index in [0.29, 0.717) is 0 Å². The molecule has 0 spiro atoms. The summed E-state index contributed by atoms with van der Waals surface area (Å²) in [5.74, 6) is 2.64. The van der Waals surface area contributed by atoms with Gasteiger partial charge in [-0.15, -0.1) is 6.42 Å². The van der Waals surface area contributed by atoms with E-state index in [0.717, 1.165) is 22.3 Å². The van der Waals surface area contributed by atoms with Crippen molar-refractivity contribution >= 4 is 11.0 Å². The molecule has 0 fully saturated rings. The van der Waals surface area contributed by atoms with Gasteiger partial charge < -0.3 is 4.98 Å². The van der Waals surface area contributed by atoms with E-state index in [1.807, 2.05) is 25.3 Å². The molecule has 0 saturated heterocycles. The first-order valence-electron chi connectivity index (χ1n) is 3.72. The number of terminal acetylenes is 1. The minimum Gasteiger partial charge on any atom is -0.346 e. The summed E-state index contributed by atoms with van der Waals surface area (Å²) in [6.07, 6.45) is 7.20. The van der Waals surface area contributed by atoms with Gasteiger partial charge in [0.25, 0.3) is 0 Å². The highest BCUT2D eigenvalue weighted by Crippen LogP contribution is 2.15. The zero-order valence-corrected chi connectivity index (χ0v) is 6.76. The third kappa shape index (κ3) is 0.876. The number of rotatable bonds is 0. The quantitative estimate of drug-likeness (QED) is 0.579. The second-order valence-corrected chi connectivity index (χ2v) is 2.70. The smallest absolute Gasteiger partial charge is 0.138 e. The van der Waals surface area contributed by atoms with Crippen molar-refractivity contribution in [1.29, 1.82) is 0 Å². The van der Waals surface area contributed by atoms with Crippen molar-refractivity contribution in [2.45, 2.75) is 6.92 Å². The number of pyridine rings is 1. The highest BCUT2D eigenvalue weighted by molar-refractivity contribution is 5.82. The van der Waals surface area contributed by atoms with Crippen LogP contribution in [-0.4, -0.2) is 9.97 Å². The molecule has 2 aromatic heterocycles. The number of aryl methyl sites for hydroxylation is 1. The van der Waals surface area contributed by atoms with Crippen LogP contribution >= 0.6 is 0 Å². The van der Waals surface area contributed by atoms with Crippen molar-refractivity contribution in [3.05, 3.63) is 29.6 Å². The zero-order chi connectivity index (χ0) is 8.55. The summed E-state index contributed by atoms with van der Waals surface area (Å²) >= 11 is 0. The molecule has 0 saturated carbocycles. The number of fused-ring (bicyclic) bond motifs is 1. The predicted molar refractivity (Wildman–Crippen MR) is 48.8 cm³/mol. The molecule has 1 N–H and O–H groups in total. The maximum Gasteiger partial charge on any atom is 0.138 e. The van der Waals surface area contributed by atoms with Gasteiger partial charge in [0.1, 0.15) is 5.65 Å². The molecule has 0 aliphatic heterocycles. The van der Waals surface area contributed by atoms with E-state index in [-0.39, 0.29) is 0 Å². The van der Waals surface area contributed by atoms with Crippen LogP contribution in [0.1, 0.15) is 11.3 Å². The number of H-pyrrole nitrogens is 1. The van der Waals surface area contributed by atoms with Gasteiger partial charge in [-0.05, 0) is 19.1 Å². The minimum absolute atomic E-state index is 0.864. The highest BCUT2D eigenvalue weighted by Gasteiger charge is 2.01. The SMILES string of the molecule is C#Cc1cc(C)nc2[nH]ccc12. The van der Waals surface area contributed by atoms with E-state index in [1.165, 1.54) is 0 Å². The number of aromatic nitrogens is 2. The van der Waals surface area contributed by atoms with Gasteiger partial charge in [-0.2, -0.15) is 0 Å². The maximum atomic E-state index is 5.35. The van der Waals surface area contributed by atoms with Gasteiger partial charge in [0.15, 0.2) is 0 Å². The van der Waals surface area contributed by atoms with Crippen molar-refractivity contribution in [1.82, 2.24) is 9.97 Å². The third-order valence-electron chi connectivity index (χ3n) is 1.81. The predicted octanol–water partition coefficient (Wildman–Crippen LogP) is 1.85. The summed E-state index contributed by atoms with van der Waals surface area (Å²) in [5, 5.41) is 1.02. The second kappa shape index (κ2) is 2.38. The van der Waals surface area contributed by atoms with Crippen molar-refractivity contribution in [3.63, 3.8) is 0 Å². The van der Waals surface area contributed by atoms with Crippen LogP contribution in [0, 0.1) is 19.3 Å². The third-order valence-corrected chi connectivity index (χ3v) is 1.81. The first-order chi connectivity index (χ1) is 5.81. The van der Waals surface area contributed by atoms with Crippen LogP contribution in [0.25, 0.3) is 11.0 Å². The summed E-state index contributed by atoms with van der Waals surface area (Å²) in [4.78, 5) is 7.32. The van der Waals surface area contributed by atoms with Gasteiger partial charge in [-0.25, -0.2) is 4.98 Å². The Bertz CT molecular complexity index is 460. The summed E-state index contributed by atoms with van der Waals surface area (Å²) in [6, 6.07) is 3.85. The van der Waals surface area contributed by atoms with Crippen molar-refractivity contribution < 1.29 is 0 Å². The fraction of sp³-hybridized carbons (Fsp3) is 0.100. The van der Waals surface area contributed by atoms with Crippen LogP contribution in [0.3, 0.4) is 0 Å². The Morgan fingerprint density at radius 2 is 2.42 bits per heavy atom. The largest absolute Gasteiger partial charge is 0.346 e. The van der Waals surface area contributed by atoms with Crippen LogP contribution in [0.5, 0.6) is 0 Å². The fourth-order valence-corrected chi connectivity index (χ4v) is 1.29. The van der Waals surface area contributed by atoms with Gasteiger partial charge >= 0.3 is 0 Å². The summed E-state index contributed by atoms with van der Waals surface area (Å²) in [7, 11) is 0. The lowest BCUT2D eigenvalue weighted by atomic mass is 10.2. The zero-order valence-electron chi connectivity index (χ0n) is 6.76. The topological polar surface area (TPSA) is 28.7 Å². The average molecular weight is 156 g/mol. The number of nitrogens with one attached hydrogen (secondary N) is 1. The number of nitrogens with zero attached hydrogens (tertiary/aromatic N) is 1. The second-order valence-electron chi connectivity index (χ2n) is 2.70. The molecular formula is C10H8N2. The molecule has 2 heterocycles. The molecule has 0 radical (unpaired) electrons. The molecule has 0 atom stereocenters. The minimum atomic E-state index is 0.864. The Labute approximate surface area is 70.6 Å². The van der Waals surface area contributed by atoms with Crippen LogP contribution in [0.4, 0.5) is 0 Å². The van der Waals surface area contributed by atoms with Crippen molar-refractivity contribution in [2.75, 3.05) is 0 Å². The lowest BCUT2D eigenvalue weighted by Gasteiger charge is -1.96. The molecule has 2 heteroatoms. The lowest BCUT2D eigenvalue weighted by molar-refractivity contribution is 1.22. The lowest BCUT2D eigenvalue weighted by Crippen LogP contribution is -1.85. The number of aromatic amines is 1.